The van der Waals surface area contributed by atoms with Gasteiger partial charge in [0.2, 0.25) is 5.91 Å². The molecule has 25 heavy (non-hydrogen) atoms. The van der Waals surface area contributed by atoms with Crippen molar-refractivity contribution < 1.29 is 9.72 Å². The second-order valence-corrected chi connectivity index (χ2v) is 6.25. The van der Waals surface area contributed by atoms with Crippen LogP contribution in [-0.4, -0.2) is 40.2 Å². The van der Waals surface area contributed by atoms with Crippen molar-refractivity contribution in [2.24, 2.45) is 13.0 Å². The summed E-state index contributed by atoms with van der Waals surface area (Å²) in [5.74, 6) is -0.0906. The zero-order valence-corrected chi connectivity index (χ0v) is 14.0. The van der Waals surface area contributed by atoms with Crippen molar-refractivity contribution in [1.82, 2.24) is 20.4 Å². The van der Waals surface area contributed by atoms with E-state index in [1.54, 1.807) is 29.1 Å². The smallest absolute Gasteiger partial charge is 0.272 e. The molecule has 0 saturated carbocycles. The van der Waals surface area contributed by atoms with Gasteiger partial charge >= 0.3 is 0 Å². The van der Waals surface area contributed by atoms with Crippen LogP contribution in [-0.2, 0) is 18.3 Å². The lowest BCUT2D eigenvalue weighted by molar-refractivity contribution is -0.385. The number of nitro groups is 1. The summed E-state index contributed by atoms with van der Waals surface area (Å²) in [4.78, 5) is 23.2. The maximum atomic E-state index is 12.5. The van der Waals surface area contributed by atoms with Crippen LogP contribution in [0.5, 0.6) is 0 Å². The van der Waals surface area contributed by atoms with Gasteiger partial charge < -0.3 is 10.6 Å². The van der Waals surface area contributed by atoms with Crippen LogP contribution in [0.15, 0.2) is 36.7 Å². The molecule has 1 aliphatic rings. The van der Waals surface area contributed by atoms with Crippen LogP contribution in [0, 0.1) is 16.0 Å². The van der Waals surface area contributed by atoms with Gasteiger partial charge in [-0.3, -0.25) is 19.6 Å². The van der Waals surface area contributed by atoms with Gasteiger partial charge in [-0.15, -0.1) is 0 Å². The summed E-state index contributed by atoms with van der Waals surface area (Å²) in [5.41, 5.74) is 1.76. The topological polar surface area (TPSA) is 102 Å². The Morgan fingerprint density at radius 3 is 2.96 bits per heavy atom. The third kappa shape index (κ3) is 3.85. The van der Waals surface area contributed by atoms with E-state index in [9.17, 15) is 14.9 Å². The van der Waals surface area contributed by atoms with E-state index in [1.165, 1.54) is 6.07 Å². The third-order valence-corrected chi connectivity index (χ3v) is 4.59. The molecule has 0 bridgehead atoms. The van der Waals surface area contributed by atoms with Gasteiger partial charge in [0.05, 0.1) is 17.0 Å². The Bertz CT molecular complexity index is 773. The van der Waals surface area contributed by atoms with Crippen molar-refractivity contribution >= 4 is 11.6 Å². The zero-order valence-electron chi connectivity index (χ0n) is 14.0. The molecule has 1 aliphatic heterocycles. The molecule has 2 N–H and O–H groups in total. The fourth-order valence-electron chi connectivity index (χ4n) is 3.29. The van der Waals surface area contributed by atoms with Crippen LogP contribution in [0.3, 0.4) is 0 Å². The number of hydrogen-bond acceptors (Lipinski definition) is 5. The van der Waals surface area contributed by atoms with E-state index in [4.69, 9.17) is 0 Å². The summed E-state index contributed by atoms with van der Waals surface area (Å²) in [6.07, 6.45) is 4.16. The lowest BCUT2D eigenvalue weighted by atomic mass is 9.90. The van der Waals surface area contributed by atoms with E-state index >= 15 is 0 Å². The molecule has 0 unspecified atom stereocenters. The molecule has 1 aromatic heterocycles. The second kappa shape index (κ2) is 7.43. The van der Waals surface area contributed by atoms with Gasteiger partial charge in [0.25, 0.3) is 5.69 Å². The van der Waals surface area contributed by atoms with Crippen molar-refractivity contribution in [3.8, 4) is 0 Å². The number of nitro benzene ring substituents is 1. The maximum Gasteiger partial charge on any atom is 0.272 e. The first-order chi connectivity index (χ1) is 12.1. The van der Waals surface area contributed by atoms with Crippen LogP contribution in [0.2, 0.25) is 0 Å². The summed E-state index contributed by atoms with van der Waals surface area (Å²) in [5, 5.41) is 21.4. The van der Waals surface area contributed by atoms with Crippen LogP contribution in [0.1, 0.15) is 17.0 Å². The van der Waals surface area contributed by atoms with Crippen LogP contribution >= 0.6 is 0 Å². The van der Waals surface area contributed by atoms with E-state index < -0.39 is 4.92 Å². The minimum atomic E-state index is -0.392. The fourth-order valence-corrected chi connectivity index (χ4v) is 3.29. The normalized spacial score (nSPS) is 19.7. The van der Waals surface area contributed by atoms with E-state index in [1.807, 2.05) is 13.2 Å². The fraction of sp³-hybridized carbons (Fsp3) is 0.412. The SMILES string of the molecule is Cn1cc([C@H]2CNC[C@@H]2C(=O)NCCc2ccccc2[N+](=O)[O-])cn1. The highest BCUT2D eigenvalue weighted by Crippen LogP contribution is 2.28. The van der Waals surface area contributed by atoms with Gasteiger partial charge in [-0.25, -0.2) is 0 Å². The molecule has 1 saturated heterocycles. The van der Waals surface area contributed by atoms with E-state index in [0.717, 1.165) is 12.1 Å². The van der Waals surface area contributed by atoms with Gasteiger partial charge in [0, 0.05) is 50.4 Å². The number of aromatic nitrogens is 2. The van der Waals surface area contributed by atoms with Crippen LogP contribution in [0.4, 0.5) is 5.69 Å². The van der Waals surface area contributed by atoms with E-state index in [2.05, 4.69) is 15.7 Å². The van der Waals surface area contributed by atoms with Crippen molar-refractivity contribution in [2.75, 3.05) is 19.6 Å². The Hall–Kier alpha value is -2.74. The average Bonchev–Trinajstić information content (AvgIpc) is 3.23. The van der Waals surface area contributed by atoms with Crippen molar-refractivity contribution in [3.05, 3.63) is 57.9 Å². The van der Waals surface area contributed by atoms with Gasteiger partial charge in [-0.2, -0.15) is 5.10 Å². The molecular formula is C17H21N5O3. The molecule has 8 nitrogen and oxygen atoms in total. The highest BCUT2D eigenvalue weighted by atomic mass is 16.6. The number of para-hydroxylation sites is 1. The Morgan fingerprint density at radius 2 is 2.24 bits per heavy atom. The van der Waals surface area contributed by atoms with Crippen molar-refractivity contribution in [3.63, 3.8) is 0 Å². The van der Waals surface area contributed by atoms with Crippen molar-refractivity contribution in [1.29, 1.82) is 0 Å². The summed E-state index contributed by atoms with van der Waals surface area (Å²) in [7, 11) is 1.85. The average molecular weight is 343 g/mol. The monoisotopic (exact) mass is 343 g/mol. The van der Waals surface area contributed by atoms with Gasteiger partial charge in [0.15, 0.2) is 0 Å². The lowest BCUT2D eigenvalue weighted by Gasteiger charge is -2.17. The number of hydrogen-bond donors (Lipinski definition) is 2. The molecule has 8 heteroatoms. The first-order valence-electron chi connectivity index (χ1n) is 8.25. The number of benzene rings is 1. The van der Waals surface area contributed by atoms with Crippen LogP contribution in [0.25, 0.3) is 0 Å². The molecule has 0 spiro atoms. The highest BCUT2D eigenvalue weighted by Gasteiger charge is 2.34. The first-order valence-corrected chi connectivity index (χ1v) is 8.25. The minimum Gasteiger partial charge on any atom is -0.355 e. The summed E-state index contributed by atoms with van der Waals surface area (Å²) in [6.45, 7) is 1.74. The summed E-state index contributed by atoms with van der Waals surface area (Å²) < 4.78 is 1.73. The quantitative estimate of drug-likeness (QED) is 0.601. The predicted molar refractivity (Wildman–Crippen MR) is 92.1 cm³/mol. The molecule has 1 aromatic carbocycles. The molecular weight excluding hydrogens is 322 g/mol. The standard InChI is InChI=1S/C17H21N5O3/c1-21-11-13(8-20-21)14-9-18-10-15(14)17(23)19-7-6-12-4-2-3-5-16(12)22(24)25/h2-5,8,11,14-15,18H,6-7,9-10H2,1H3,(H,19,23)/t14-,15+/m1/s1. The molecule has 2 atom stereocenters. The largest absolute Gasteiger partial charge is 0.355 e. The molecule has 2 aromatic rings. The Morgan fingerprint density at radius 1 is 1.44 bits per heavy atom. The molecule has 1 fully saturated rings. The number of carbonyl (C=O) groups excluding carboxylic acids is 1. The Kier molecular flexibility index (Phi) is 5.08. The number of aryl methyl sites for hydroxylation is 1. The first kappa shape index (κ1) is 17.1. The molecule has 1 amide bonds. The van der Waals surface area contributed by atoms with Gasteiger partial charge in [-0.05, 0) is 12.0 Å². The maximum absolute atomic E-state index is 12.5. The number of carbonyl (C=O) groups is 1. The molecule has 3 rings (SSSR count). The van der Waals surface area contributed by atoms with E-state index in [0.29, 0.717) is 25.1 Å². The number of nitrogens with one attached hydrogen (secondary N) is 2. The zero-order chi connectivity index (χ0) is 17.8. The van der Waals surface area contributed by atoms with Crippen LogP contribution < -0.4 is 10.6 Å². The van der Waals surface area contributed by atoms with Gasteiger partial charge in [-0.1, -0.05) is 18.2 Å². The highest BCUT2D eigenvalue weighted by molar-refractivity contribution is 5.80. The second-order valence-electron chi connectivity index (χ2n) is 6.25. The third-order valence-electron chi connectivity index (χ3n) is 4.59. The van der Waals surface area contributed by atoms with Crippen molar-refractivity contribution in [2.45, 2.75) is 12.3 Å². The number of nitrogens with zero attached hydrogens (tertiary/aromatic N) is 3. The van der Waals surface area contributed by atoms with Gasteiger partial charge in [0.1, 0.15) is 0 Å². The molecule has 0 aliphatic carbocycles. The number of rotatable bonds is 6. The molecule has 132 valence electrons. The lowest BCUT2D eigenvalue weighted by Crippen LogP contribution is -2.35. The predicted octanol–water partition coefficient (Wildman–Crippen LogP) is 0.990. The minimum absolute atomic E-state index is 0.0302. The van der Waals surface area contributed by atoms with E-state index in [-0.39, 0.29) is 23.4 Å². The molecule has 2 heterocycles. The Balaban J connectivity index is 1.58. The summed E-state index contributed by atoms with van der Waals surface area (Å²) >= 11 is 0. The Labute approximate surface area is 145 Å². The summed E-state index contributed by atoms with van der Waals surface area (Å²) in [6, 6.07) is 6.61. The molecule has 0 radical (unpaired) electrons. The number of amides is 1.